The number of ether oxygens (including phenoxy) is 1. The van der Waals surface area contributed by atoms with Crippen LogP contribution in [0.15, 0.2) is 42.7 Å². The highest BCUT2D eigenvalue weighted by Gasteiger charge is 2.47. The zero-order valence-corrected chi connectivity index (χ0v) is 16.1. The predicted octanol–water partition coefficient (Wildman–Crippen LogP) is 2.50. The molecule has 0 radical (unpaired) electrons. The van der Waals surface area contributed by atoms with E-state index < -0.39 is 24.0 Å². The van der Waals surface area contributed by atoms with Crippen molar-refractivity contribution in [1.82, 2.24) is 25.2 Å². The van der Waals surface area contributed by atoms with Crippen LogP contribution in [-0.4, -0.2) is 45.8 Å². The van der Waals surface area contributed by atoms with Crippen LogP contribution in [0, 0.1) is 12.8 Å². The molecule has 0 spiro atoms. The normalized spacial score (nSPS) is 19.2. The Morgan fingerprint density at radius 2 is 2.17 bits per heavy atom. The van der Waals surface area contributed by atoms with Crippen molar-refractivity contribution in [2.75, 3.05) is 13.1 Å². The van der Waals surface area contributed by atoms with E-state index in [2.05, 4.69) is 20.7 Å². The number of nitrogens with zero attached hydrogens (tertiary/aromatic N) is 3. The molecule has 0 bridgehead atoms. The van der Waals surface area contributed by atoms with Gasteiger partial charge in [0.2, 0.25) is 0 Å². The maximum absolute atomic E-state index is 13.2. The summed E-state index contributed by atoms with van der Waals surface area (Å²) in [5.41, 5.74) is 1.85. The van der Waals surface area contributed by atoms with Crippen LogP contribution in [0.2, 0.25) is 0 Å². The highest BCUT2D eigenvalue weighted by molar-refractivity contribution is 6.02. The van der Waals surface area contributed by atoms with Crippen molar-refractivity contribution in [3.63, 3.8) is 0 Å². The van der Waals surface area contributed by atoms with Crippen LogP contribution >= 0.6 is 0 Å². The minimum absolute atomic E-state index is 0.0621. The molecule has 3 aromatic rings. The molecule has 0 aromatic carbocycles. The third kappa shape index (κ3) is 4.09. The summed E-state index contributed by atoms with van der Waals surface area (Å²) >= 11 is 0. The van der Waals surface area contributed by atoms with Gasteiger partial charge in [0.1, 0.15) is 12.4 Å². The molecule has 1 amide bonds. The molecule has 30 heavy (non-hydrogen) atoms. The van der Waals surface area contributed by atoms with Crippen LogP contribution in [-0.2, 0) is 6.61 Å². The Balaban J connectivity index is 1.55. The summed E-state index contributed by atoms with van der Waals surface area (Å²) in [6.45, 7) is 1.73. The van der Waals surface area contributed by atoms with Gasteiger partial charge in [-0.2, -0.15) is 18.3 Å². The van der Waals surface area contributed by atoms with Gasteiger partial charge in [0.05, 0.1) is 34.4 Å². The highest BCUT2D eigenvalue weighted by atomic mass is 19.4. The zero-order chi connectivity index (χ0) is 21.3. The minimum Gasteiger partial charge on any atom is -0.487 e. The molecule has 4 rings (SSSR count). The Morgan fingerprint density at radius 1 is 1.33 bits per heavy atom. The van der Waals surface area contributed by atoms with Crippen LogP contribution in [0.1, 0.15) is 21.7 Å². The van der Waals surface area contributed by atoms with Crippen LogP contribution in [0.3, 0.4) is 0 Å². The van der Waals surface area contributed by atoms with Gasteiger partial charge in [-0.25, -0.2) is 4.52 Å². The van der Waals surface area contributed by atoms with E-state index in [1.807, 2.05) is 12.1 Å². The van der Waals surface area contributed by atoms with Crippen LogP contribution in [0.5, 0.6) is 5.75 Å². The number of nitrogens with one attached hydrogen (secondary N) is 2. The van der Waals surface area contributed by atoms with E-state index in [-0.39, 0.29) is 25.3 Å². The first kappa shape index (κ1) is 20.1. The van der Waals surface area contributed by atoms with Crippen molar-refractivity contribution in [2.24, 2.45) is 5.92 Å². The molecule has 1 saturated heterocycles. The zero-order valence-electron chi connectivity index (χ0n) is 16.1. The number of rotatable bonds is 5. The summed E-state index contributed by atoms with van der Waals surface area (Å²) in [4.78, 5) is 17.0. The lowest BCUT2D eigenvalue weighted by molar-refractivity contribution is -0.173. The molecule has 0 unspecified atom stereocenters. The first-order chi connectivity index (χ1) is 14.3. The Morgan fingerprint density at radius 3 is 2.90 bits per heavy atom. The van der Waals surface area contributed by atoms with Gasteiger partial charge >= 0.3 is 6.18 Å². The van der Waals surface area contributed by atoms with Crippen molar-refractivity contribution in [2.45, 2.75) is 25.7 Å². The van der Waals surface area contributed by atoms with E-state index in [0.29, 0.717) is 17.0 Å². The number of halogens is 3. The van der Waals surface area contributed by atoms with Crippen molar-refractivity contribution in [1.29, 1.82) is 0 Å². The summed E-state index contributed by atoms with van der Waals surface area (Å²) < 4.78 is 46.8. The second-order valence-corrected chi connectivity index (χ2v) is 7.15. The number of hydrogen-bond acceptors (Lipinski definition) is 5. The Hall–Kier alpha value is -3.14. The highest BCUT2D eigenvalue weighted by Crippen LogP contribution is 2.31. The maximum Gasteiger partial charge on any atom is 0.395 e. The maximum atomic E-state index is 13.2. The largest absolute Gasteiger partial charge is 0.487 e. The number of carbonyl (C=O) groups excluding carboxylic acids is 1. The van der Waals surface area contributed by atoms with Crippen molar-refractivity contribution in [3.05, 3.63) is 59.7 Å². The fourth-order valence-corrected chi connectivity index (χ4v) is 3.57. The standard InChI is InChI=1S/C20H20F3N5O2/c1-12-18(19(29)26-16-10-24-9-15(16)20(21,22)23)17-8-14(5-7-28(17)27-12)30-11-13-4-2-3-6-25-13/h2-8,15-16,24H,9-11H2,1H3,(H,26,29)/t15-,16+/m0/s1. The fraction of sp³-hybridized carbons (Fsp3) is 0.350. The van der Waals surface area contributed by atoms with E-state index in [1.165, 1.54) is 4.52 Å². The van der Waals surface area contributed by atoms with Gasteiger partial charge < -0.3 is 15.4 Å². The second kappa shape index (κ2) is 7.94. The molecule has 3 aromatic heterocycles. The number of fused-ring (bicyclic) bond motifs is 1. The van der Waals surface area contributed by atoms with E-state index in [0.717, 1.165) is 5.69 Å². The van der Waals surface area contributed by atoms with Crippen molar-refractivity contribution in [3.8, 4) is 5.75 Å². The van der Waals surface area contributed by atoms with E-state index >= 15 is 0 Å². The molecule has 0 aliphatic carbocycles. The Kier molecular flexibility index (Phi) is 5.33. The molecule has 1 aliphatic rings. The van der Waals surface area contributed by atoms with Gasteiger partial charge in [-0.3, -0.25) is 9.78 Å². The average Bonchev–Trinajstić information content (AvgIpc) is 3.30. The van der Waals surface area contributed by atoms with Gasteiger partial charge in [0.25, 0.3) is 5.91 Å². The SMILES string of the molecule is Cc1nn2ccc(OCc3ccccn3)cc2c1C(=O)N[C@@H]1CNC[C@@H]1C(F)(F)F. The quantitative estimate of drug-likeness (QED) is 0.664. The molecule has 158 valence electrons. The molecule has 7 nitrogen and oxygen atoms in total. The van der Waals surface area contributed by atoms with E-state index in [4.69, 9.17) is 4.74 Å². The molecule has 1 fully saturated rings. The van der Waals surface area contributed by atoms with Gasteiger partial charge in [-0.15, -0.1) is 0 Å². The third-order valence-electron chi connectivity index (χ3n) is 5.07. The number of aromatic nitrogens is 3. The summed E-state index contributed by atoms with van der Waals surface area (Å²) in [7, 11) is 0. The summed E-state index contributed by atoms with van der Waals surface area (Å²) in [6, 6.07) is 7.79. The van der Waals surface area contributed by atoms with Crippen LogP contribution < -0.4 is 15.4 Å². The van der Waals surface area contributed by atoms with Gasteiger partial charge in [-0.1, -0.05) is 6.07 Å². The molecular weight excluding hydrogens is 399 g/mol. The molecule has 0 saturated carbocycles. The molecule has 2 N–H and O–H groups in total. The van der Waals surface area contributed by atoms with Gasteiger partial charge in [0, 0.05) is 31.5 Å². The Labute approximate surface area is 170 Å². The van der Waals surface area contributed by atoms with E-state index in [1.54, 1.807) is 37.5 Å². The molecule has 10 heteroatoms. The number of carbonyl (C=O) groups is 1. The lowest BCUT2D eigenvalue weighted by Gasteiger charge is -2.22. The number of pyridine rings is 2. The van der Waals surface area contributed by atoms with Crippen LogP contribution in [0.25, 0.3) is 5.52 Å². The van der Waals surface area contributed by atoms with Gasteiger partial charge in [-0.05, 0) is 25.1 Å². The van der Waals surface area contributed by atoms with Gasteiger partial charge in [0.15, 0.2) is 0 Å². The lowest BCUT2D eigenvalue weighted by atomic mass is 10.0. The van der Waals surface area contributed by atoms with Crippen molar-refractivity contribution < 1.29 is 22.7 Å². The van der Waals surface area contributed by atoms with Crippen LogP contribution in [0.4, 0.5) is 13.2 Å². The first-order valence-corrected chi connectivity index (χ1v) is 9.43. The van der Waals surface area contributed by atoms with Crippen molar-refractivity contribution >= 4 is 11.4 Å². The first-order valence-electron chi connectivity index (χ1n) is 9.43. The Bertz CT molecular complexity index is 1050. The molecule has 2 atom stereocenters. The number of aryl methyl sites for hydroxylation is 1. The fourth-order valence-electron chi connectivity index (χ4n) is 3.57. The summed E-state index contributed by atoms with van der Waals surface area (Å²) in [5.74, 6) is -1.72. The monoisotopic (exact) mass is 419 g/mol. The smallest absolute Gasteiger partial charge is 0.395 e. The summed E-state index contributed by atoms with van der Waals surface area (Å²) in [6.07, 6.45) is -1.08. The second-order valence-electron chi connectivity index (χ2n) is 7.15. The molecule has 1 aliphatic heterocycles. The predicted molar refractivity (Wildman–Crippen MR) is 102 cm³/mol. The molecule has 4 heterocycles. The molecular formula is C20H20F3N5O2. The minimum atomic E-state index is -4.38. The number of hydrogen-bond donors (Lipinski definition) is 2. The summed E-state index contributed by atoms with van der Waals surface area (Å²) in [5, 5.41) is 9.50. The lowest BCUT2D eigenvalue weighted by Crippen LogP contribution is -2.45. The number of amides is 1. The number of alkyl halides is 3. The third-order valence-corrected chi connectivity index (χ3v) is 5.07. The topological polar surface area (TPSA) is 80.5 Å². The average molecular weight is 419 g/mol. The van der Waals surface area contributed by atoms with E-state index in [9.17, 15) is 18.0 Å².